The Morgan fingerprint density at radius 2 is 1.84 bits per heavy atom. The van der Waals surface area contributed by atoms with E-state index in [0.717, 1.165) is 18.6 Å². The average Bonchev–Trinajstić information content (AvgIpc) is 3.35. The molecule has 0 aliphatic heterocycles. The van der Waals surface area contributed by atoms with Gasteiger partial charge in [0.25, 0.3) is 5.91 Å². The number of hydrogen-bond donors (Lipinski definition) is 1. The molecule has 1 aliphatic carbocycles. The maximum absolute atomic E-state index is 11.8. The van der Waals surface area contributed by atoms with Crippen LogP contribution in [0.1, 0.15) is 58.9 Å². The molecule has 0 heterocycles. The number of carbonyl (C=O) groups is 2. The van der Waals surface area contributed by atoms with Crippen LogP contribution in [0.4, 0.5) is 0 Å². The summed E-state index contributed by atoms with van der Waals surface area (Å²) in [6.45, 7) is 8.54. The van der Waals surface area contributed by atoms with Gasteiger partial charge in [-0.05, 0) is 49.3 Å². The van der Waals surface area contributed by atoms with Crippen LogP contribution in [-0.2, 0) is 19.7 Å². The van der Waals surface area contributed by atoms with Crippen molar-refractivity contribution in [3.63, 3.8) is 0 Å². The van der Waals surface area contributed by atoms with Crippen molar-refractivity contribution in [3.8, 4) is 5.75 Å². The molecule has 1 amide bonds. The predicted octanol–water partition coefficient (Wildman–Crippen LogP) is 3.35. The molecule has 138 valence electrons. The topological polar surface area (TPSA) is 64.6 Å². The number of rotatable bonds is 8. The van der Waals surface area contributed by atoms with Gasteiger partial charge in [-0.2, -0.15) is 0 Å². The van der Waals surface area contributed by atoms with E-state index in [0.29, 0.717) is 13.0 Å². The highest BCUT2D eigenvalue weighted by molar-refractivity contribution is 5.83. The lowest BCUT2D eigenvalue weighted by molar-refractivity contribution is -0.155. The zero-order chi connectivity index (χ0) is 18.4. The van der Waals surface area contributed by atoms with Crippen LogP contribution in [0.25, 0.3) is 0 Å². The van der Waals surface area contributed by atoms with Crippen molar-refractivity contribution in [2.24, 2.45) is 0 Å². The normalized spacial score (nSPS) is 15.4. The summed E-state index contributed by atoms with van der Waals surface area (Å²) in [6.07, 6.45) is 2.08. The van der Waals surface area contributed by atoms with E-state index in [-0.39, 0.29) is 29.8 Å². The number of esters is 1. The third-order valence-corrected chi connectivity index (χ3v) is 4.12. The molecule has 0 radical (unpaired) electrons. The largest absolute Gasteiger partial charge is 0.494 e. The minimum Gasteiger partial charge on any atom is -0.494 e. The van der Waals surface area contributed by atoms with Crippen molar-refractivity contribution in [1.82, 2.24) is 5.32 Å². The lowest BCUT2D eigenvalue weighted by Crippen LogP contribution is -2.37. The Kier molecular flexibility index (Phi) is 6.45. The SMILES string of the molecule is C[C@@H](OC(=O)CCCOc1ccc(C(C)(C)C)cc1)C(=O)NC1CC1. The summed E-state index contributed by atoms with van der Waals surface area (Å²) in [4.78, 5) is 23.5. The molecule has 5 nitrogen and oxygen atoms in total. The number of amides is 1. The number of ether oxygens (including phenoxy) is 2. The van der Waals surface area contributed by atoms with Crippen molar-refractivity contribution >= 4 is 11.9 Å². The van der Waals surface area contributed by atoms with E-state index >= 15 is 0 Å². The van der Waals surface area contributed by atoms with E-state index in [9.17, 15) is 9.59 Å². The second-order valence-corrected chi connectivity index (χ2v) is 7.64. The monoisotopic (exact) mass is 347 g/mol. The molecule has 25 heavy (non-hydrogen) atoms. The van der Waals surface area contributed by atoms with Crippen LogP contribution >= 0.6 is 0 Å². The fraction of sp³-hybridized carbons (Fsp3) is 0.600. The van der Waals surface area contributed by atoms with Gasteiger partial charge < -0.3 is 14.8 Å². The number of nitrogens with one attached hydrogen (secondary N) is 1. The quantitative estimate of drug-likeness (QED) is 0.578. The van der Waals surface area contributed by atoms with E-state index in [1.54, 1.807) is 6.92 Å². The Morgan fingerprint density at radius 3 is 2.40 bits per heavy atom. The first kappa shape index (κ1) is 19.3. The van der Waals surface area contributed by atoms with Gasteiger partial charge in [0, 0.05) is 12.5 Å². The van der Waals surface area contributed by atoms with E-state index in [1.165, 1.54) is 5.56 Å². The highest BCUT2D eigenvalue weighted by atomic mass is 16.5. The summed E-state index contributed by atoms with van der Waals surface area (Å²) >= 11 is 0. The van der Waals surface area contributed by atoms with Crippen LogP contribution in [0.3, 0.4) is 0 Å². The maximum atomic E-state index is 11.8. The molecule has 0 unspecified atom stereocenters. The first-order valence-electron chi connectivity index (χ1n) is 8.99. The molecule has 1 aliphatic rings. The van der Waals surface area contributed by atoms with Crippen molar-refractivity contribution < 1.29 is 19.1 Å². The molecule has 5 heteroatoms. The zero-order valence-corrected chi connectivity index (χ0v) is 15.6. The molecule has 0 aromatic heterocycles. The maximum Gasteiger partial charge on any atom is 0.306 e. The summed E-state index contributed by atoms with van der Waals surface area (Å²) < 4.78 is 10.8. The second-order valence-electron chi connectivity index (χ2n) is 7.64. The van der Waals surface area contributed by atoms with Crippen molar-refractivity contribution in [2.45, 2.75) is 70.9 Å². The molecule has 1 aromatic carbocycles. The highest BCUT2D eigenvalue weighted by Crippen LogP contribution is 2.24. The van der Waals surface area contributed by atoms with Gasteiger partial charge in [-0.15, -0.1) is 0 Å². The predicted molar refractivity (Wildman–Crippen MR) is 96.6 cm³/mol. The molecule has 1 aromatic rings. The standard InChI is InChI=1S/C20H29NO4/c1-14(19(23)21-16-9-10-16)25-18(22)6-5-13-24-17-11-7-15(8-12-17)20(2,3)4/h7-8,11-12,14,16H,5-6,9-10,13H2,1-4H3,(H,21,23)/t14-/m1/s1. The Bertz CT molecular complexity index is 585. The third kappa shape index (κ3) is 6.77. The van der Waals surface area contributed by atoms with E-state index in [4.69, 9.17) is 9.47 Å². The van der Waals surface area contributed by atoms with Crippen LogP contribution in [0.15, 0.2) is 24.3 Å². The van der Waals surface area contributed by atoms with Gasteiger partial charge in [0.15, 0.2) is 6.10 Å². The Morgan fingerprint density at radius 1 is 1.20 bits per heavy atom. The molecule has 0 spiro atoms. The summed E-state index contributed by atoms with van der Waals surface area (Å²) in [5.74, 6) is 0.203. The van der Waals surface area contributed by atoms with Gasteiger partial charge in [0.2, 0.25) is 0 Å². The van der Waals surface area contributed by atoms with Crippen LogP contribution < -0.4 is 10.1 Å². The van der Waals surface area contributed by atoms with Crippen molar-refractivity contribution in [1.29, 1.82) is 0 Å². The first-order chi connectivity index (χ1) is 11.8. The van der Waals surface area contributed by atoms with Crippen LogP contribution in [0, 0.1) is 0 Å². The molecule has 1 saturated carbocycles. The van der Waals surface area contributed by atoms with Crippen LogP contribution in [-0.4, -0.2) is 30.6 Å². The molecular weight excluding hydrogens is 318 g/mol. The van der Waals surface area contributed by atoms with Gasteiger partial charge in [-0.25, -0.2) is 0 Å². The molecular formula is C20H29NO4. The lowest BCUT2D eigenvalue weighted by atomic mass is 9.87. The molecule has 0 saturated heterocycles. The summed E-state index contributed by atoms with van der Waals surface area (Å²) in [5, 5.41) is 2.82. The van der Waals surface area contributed by atoms with Gasteiger partial charge in [-0.1, -0.05) is 32.9 Å². The lowest BCUT2D eigenvalue weighted by Gasteiger charge is -2.19. The fourth-order valence-corrected chi connectivity index (χ4v) is 2.31. The van der Waals surface area contributed by atoms with E-state index < -0.39 is 6.10 Å². The summed E-state index contributed by atoms with van der Waals surface area (Å²) in [5.41, 5.74) is 1.37. The first-order valence-corrected chi connectivity index (χ1v) is 8.99. The van der Waals surface area contributed by atoms with Crippen molar-refractivity contribution in [3.05, 3.63) is 29.8 Å². The number of carbonyl (C=O) groups excluding carboxylic acids is 2. The smallest absolute Gasteiger partial charge is 0.306 e. The zero-order valence-electron chi connectivity index (χ0n) is 15.6. The highest BCUT2D eigenvalue weighted by Gasteiger charge is 2.27. The number of benzene rings is 1. The molecule has 2 rings (SSSR count). The fourth-order valence-electron chi connectivity index (χ4n) is 2.31. The molecule has 1 atom stereocenters. The minimum atomic E-state index is -0.737. The van der Waals surface area contributed by atoms with E-state index in [2.05, 4.69) is 38.2 Å². The number of hydrogen-bond acceptors (Lipinski definition) is 4. The minimum absolute atomic E-state index is 0.116. The second kappa shape index (κ2) is 8.37. The Labute approximate surface area is 150 Å². The van der Waals surface area contributed by atoms with Gasteiger partial charge in [-0.3, -0.25) is 9.59 Å². The van der Waals surface area contributed by atoms with E-state index in [1.807, 2.05) is 12.1 Å². The van der Waals surface area contributed by atoms with Crippen LogP contribution in [0.2, 0.25) is 0 Å². The Balaban J connectivity index is 1.63. The van der Waals surface area contributed by atoms with Crippen LogP contribution in [0.5, 0.6) is 5.75 Å². The van der Waals surface area contributed by atoms with Gasteiger partial charge in [0.1, 0.15) is 5.75 Å². The molecule has 0 bridgehead atoms. The molecule has 1 fully saturated rings. The van der Waals surface area contributed by atoms with Gasteiger partial charge in [0.05, 0.1) is 6.61 Å². The van der Waals surface area contributed by atoms with Gasteiger partial charge >= 0.3 is 5.97 Å². The molecule has 1 N–H and O–H groups in total. The third-order valence-electron chi connectivity index (χ3n) is 4.12. The van der Waals surface area contributed by atoms with Crippen molar-refractivity contribution in [2.75, 3.05) is 6.61 Å². The summed E-state index contributed by atoms with van der Waals surface area (Å²) in [7, 11) is 0. The summed E-state index contributed by atoms with van der Waals surface area (Å²) in [6, 6.07) is 8.28. The average molecular weight is 347 g/mol. The Hall–Kier alpha value is -2.04.